The molecule has 1 aromatic heterocycles. The normalized spacial score (nSPS) is 13.3. The first kappa shape index (κ1) is 28.9. The lowest BCUT2D eigenvalue weighted by Gasteiger charge is -2.39. The van der Waals surface area contributed by atoms with Crippen LogP contribution >= 0.6 is 0 Å². The largest absolute Gasteiger partial charge is 0.457 e. The Morgan fingerprint density at radius 2 is 0.962 bits per heavy atom. The average molecular weight is 663 g/mol. The highest BCUT2D eigenvalue weighted by Crippen LogP contribution is 2.62. The molecule has 0 saturated carbocycles. The number of ether oxygens (including phenoxy) is 1. The van der Waals surface area contributed by atoms with Gasteiger partial charge in [0, 0.05) is 27.8 Å². The number of hydrogen-bond acceptors (Lipinski definition) is 3. The summed E-state index contributed by atoms with van der Waals surface area (Å²) >= 11 is 0. The molecule has 2 aliphatic rings. The molecule has 0 unspecified atom stereocenters. The van der Waals surface area contributed by atoms with Gasteiger partial charge in [0.15, 0.2) is 5.82 Å². The third-order valence-electron chi connectivity index (χ3n) is 10.9. The average Bonchev–Trinajstić information content (AvgIpc) is 3.51. The van der Waals surface area contributed by atoms with Crippen LogP contribution in [0, 0.1) is 0 Å². The van der Waals surface area contributed by atoms with E-state index in [4.69, 9.17) is 14.7 Å². The van der Waals surface area contributed by atoms with Gasteiger partial charge in [-0.1, -0.05) is 146 Å². The zero-order valence-corrected chi connectivity index (χ0v) is 28.1. The quantitative estimate of drug-likeness (QED) is 0.177. The first-order valence-corrected chi connectivity index (χ1v) is 17.7. The van der Waals surface area contributed by atoms with Crippen molar-refractivity contribution in [1.29, 1.82) is 0 Å². The molecule has 52 heavy (non-hydrogen) atoms. The number of benzene rings is 8. The summed E-state index contributed by atoms with van der Waals surface area (Å²) in [5.74, 6) is 2.39. The summed E-state index contributed by atoms with van der Waals surface area (Å²) in [6.45, 7) is 0. The van der Waals surface area contributed by atoms with E-state index >= 15 is 0 Å². The Labute approximate surface area is 301 Å². The number of rotatable bonds is 3. The molecule has 9 aromatic rings. The van der Waals surface area contributed by atoms with Crippen LogP contribution in [0.5, 0.6) is 11.5 Å². The Kier molecular flexibility index (Phi) is 6.17. The van der Waals surface area contributed by atoms with Gasteiger partial charge < -0.3 is 4.74 Å². The molecule has 0 fully saturated rings. The van der Waals surface area contributed by atoms with E-state index in [-0.39, 0.29) is 0 Å². The monoisotopic (exact) mass is 662 g/mol. The molecule has 3 nitrogen and oxygen atoms in total. The number of hydrogen-bond donors (Lipinski definition) is 0. The summed E-state index contributed by atoms with van der Waals surface area (Å²) in [5, 5.41) is 4.91. The van der Waals surface area contributed by atoms with Gasteiger partial charge in [-0.2, -0.15) is 0 Å². The Hall–Kier alpha value is -6.84. The van der Waals surface area contributed by atoms with Crippen molar-refractivity contribution < 1.29 is 4.74 Å². The Balaban J connectivity index is 1.15. The fourth-order valence-electron chi connectivity index (χ4n) is 8.65. The third-order valence-corrected chi connectivity index (χ3v) is 10.9. The molecule has 0 saturated heterocycles. The van der Waals surface area contributed by atoms with Crippen molar-refractivity contribution in [3.63, 3.8) is 0 Å². The van der Waals surface area contributed by atoms with E-state index in [1.165, 1.54) is 43.8 Å². The minimum Gasteiger partial charge on any atom is -0.457 e. The van der Waals surface area contributed by atoms with Gasteiger partial charge in [-0.05, 0) is 80.2 Å². The lowest BCUT2D eigenvalue weighted by atomic mass is 9.66. The molecule has 0 bridgehead atoms. The molecule has 1 spiro atoms. The van der Waals surface area contributed by atoms with Crippen molar-refractivity contribution in [2.24, 2.45) is 0 Å². The summed E-state index contributed by atoms with van der Waals surface area (Å²) in [6, 6.07) is 64.7. The predicted octanol–water partition coefficient (Wildman–Crippen LogP) is 12.3. The lowest BCUT2D eigenvalue weighted by Crippen LogP contribution is -2.32. The molecular formula is C49H30N2O. The van der Waals surface area contributed by atoms with E-state index in [1.54, 1.807) is 0 Å². The van der Waals surface area contributed by atoms with Crippen molar-refractivity contribution in [2.45, 2.75) is 5.41 Å². The minimum atomic E-state index is -0.561. The molecular weight excluding hydrogens is 633 g/mol. The van der Waals surface area contributed by atoms with Crippen LogP contribution in [0.3, 0.4) is 0 Å². The van der Waals surface area contributed by atoms with E-state index in [9.17, 15) is 0 Å². The van der Waals surface area contributed by atoms with Crippen LogP contribution in [0.4, 0.5) is 0 Å². The van der Waals surface area contributed by atoms with Crippen LogP contribution in [0.25, 0.3) is 66.6 Å². The number of nitrogens with zero attached hydrogens (tertiary/aromatic N) is 2. The molecule has 0 atom stereocenters. The lowest BCUT2D eigenvalue weighted by molar-refractivity contribution is 0.436. The maximum absolute atomic E-state index is 6.70. The van der Waals surface area contributed by atoms with Gasteiger partial charge in [0.05, 0.1) is 16.8 Å². The molecule has 2 heterocycles. The van der Waals surface area contributed by atoms with Crippen molar-refractivity contribution >= 4 is 21.5 Å². The van der Waals surface area contributed by atoms with E-state index < -0.39 is 5.41 Å². The van der Waals surface area contributed by atoms with Crippen molar-refractivity contribution in [2.75, 3.05) is 0 Å². The van der Waals surface area contributed by atoms with Crippen LogP contribution in [-0.4, -0.2) is 9.97 Å². The highest BCUT2D eigenvalue weighted by Gasteiger charge is 2.51. The van der Waals surface area contributed by atoms with Gasteiger partial charge in [-0.15, -0.1) is 0 Å². The fraction of sp³-hybridized carbons (Fsp3) is 0.0204. The van der Waals surface area contributed by atoms with Gasteiger partial charge in [-0.3, -0.25) is 0 Å². The Morgan fingerprint density at radius 3 is 1.77 bits per heavy atom. The molecule has 8 aromatic carbocycles. The molecule has 3 heteroatoms. The molecule has 1 aliphatic heterocycles. The van der Waals surface area contributed by atoms with Crippen LogP contribution in [-0.2, 0) is 5.41 Å². The van der Waals surface area contributed by atoms with E-state index in [0.29, 0.717) is 5.82 Å². The first-order chi connectivity index (χ1) is 25.8. The molecule has 11 rings (SSSR count). The third kappa shape index (κ3) is 4.14. The van der Waals surface area contributed by atoms with Crippen molar-refractivity contribution in [3.8, 4) is 56.5 Å². The highest BCUT2D eigenvalue weighted by atomic mass is 16.5. The second-order valence-electron chi connectivity index (χ2n) is 13.7. The van der Waals surface area contributed by atoms with Crippen LogP contribution in [0.15, 0.2) is 182 Å². The smallest absolute Gasteiger partial charge is 0.160 e. The van der Waals surface area contributed by atoms with Gasteiger partial charge in [0.2, 0.25) is 0 Å². The zero-order valence-electron chi connectivity index (χ0n) is 28.1. The van der Waals surface area contributed by atoms with Crippen molar-refractivity contribution in [3.05, 3.63) is 204 Å². The van der Waals surface area contributed by atoms with E-state index in [0.717, 1.165) is 50.7 Å². The number of fused-ring (bicyclic) bond motifs is 12. The van der Waals surface area contributed by atoms with Crippen molar-refractivity contribution in [1.82, 2.24) is 9.97 Å². The second-order valence-corrected chi connectivity index (χ2v) is 13.7. The second kappa shape index (κ2) is 11.1. The molecule has 0 amide bonds. The van der Waals surface area contributed by atoms with Crippen LogP contribution in [0.2, 0.25) is 0 Å². The SMILES string of the molecule is c1ccc(-c2cc(-c3ccc4c(ccc5ccccc54)c3)nc(-c3ccc4c(c3)C3(c5ccccc5O4)c4ccccc4-c4ccccc43)n2)cc1. The topological polar surface area (TPSA) is 35.0 Å². The first-order valence-electron chi connectivity index (χ1n) is 17.7. The zero-order chi connectivity index (χ0) is 34.2. The highest BCUT2D eigenvalue weighted by molar-refractivity contribution is 6.08. The molecule has 1 aliphatic carbocycles. The summed E-state index contributed by atoms with van der Waals surface area (Å²) in [7, 11) is 0. The number of aromatic nitrogens is 2. The van der Waals surface area contributed by atoms with E-state index in [2.05, 4.69) is 176 Å². The molecule has 0 radical (unpaired) electrons. The maximum Gasteiger partial charge on any atom is 0.160 e. The summed E-state index contributed by atoms with van der Waals surface area (Å²) in [4.78, 5) is 10.6. The summed E-state index contributed by atoms with van der Waals surface area (Å²) in [6.07, 6.45) is 0. The predicted molar refractivity (Wildman–Crippen MR) is 211 cm³/mol. The van der Waals surface area contributed by atoms with Crippen LogP contribution < -0.4 is 4.74 Å². The van der Waals surface area contributed by atoms with Gasteiger partial charge in [-0.25, -0.2) is 9.97 Å². The number of para-hydroxylation sites is 1. The Bertz CT molecular complexity index is 2850. The van der Waals surface area contributed by atoms with Crippen LogP contribution in [0.1, 0.15) is 22.3 Å². The van der Waals surface area contributed by atoms with Gasteiger partial charge in [0.1, 0.15) is 11.5 Å². The van der Waals surface area contributed by atoms with E-state index in [1.807, 2.05) is 6.07 Å². The van der Waals surface area contributed by atoms with Gasteiger partial charge >= 0.3 is 0 Å². The summed E-state index contributed by atoms with van der Waals surface area (Å²) in [5.41, 5.74) is 11.5. The molecule has 0 N–H and O–H groups in total. The fourth-order valence-corrected chi connectivity index (χ4v) is 8.65. The summed E-state index contributed by atoms with van der Waals surface area (Å²) < 4.78 is 6.70. The van der Waals surface area contributed by atoms with Gasteiger partial charge in [0.25, 0.3) is 0 Å². The molecule has 242 valence electrons. The standard InChI is InChI=1S/C49H30N2O/c1-2-13-32(14-3-1)44-30-45(34-24-26-37-33(28-34)23-22-31-12-4-5-15-36(31)37)51-48(50-44)35-25-27-47-43(29-35)49(42-20-10-11-21-46(42)52-47)40-18-8-6-16-38(40)39-17-7-9-19-41(39)49/h1-30H. The maximum atomic E-state index is 6.70. The Morgan fingerprint density at radius 1 is 0.365 bits per heavy atom. The minimum absolute atomic E-state index is 0.561.